The van der Waals surface area contributed by atoms with Crippen LogP contribution < -0.4 is 5.32 Å². The lowest BCUT2D eigenvalue weighted by molar-refractivity contribution is -0.150. The minimum Gasteiger partial charge on any atom is -0.452 e. The van der Waals surface area contributed by atoms with Crippen LogP contribution in [0.4, 0.5) is 5.69 Å². The van der Waals surface area contributed by atoms with Crippen molar-refractivity contribution in [3.8, 4) is 0 Å². The van der Waals surface area contributed by atoms with Crippen LogP contribution in [0.25, 0.3) is 0 Å². The van der Waals surface area contributed by atoms with Gasteiger partial charge in [-0.3, -0.25) is 9.59 Å². The molecule has 1 unspecified atom stereocenters. The lowest BCUT2D eigenvalue weighted by Gasteiger charge is -2.12. The molecule has 0 saturated carbocycles. The van der Waals surface area contributed by atoms with Gasteiger partial charge in [-0.15, -0.1) is 11.8 Å². The molecule has 90 valence electrons. The number of hydrogen-bond donors (Lipinski definition) is 1. The quantitative estimate of drug-likeness (QED) is 0.797. The van der Waals surface area contributed by atoms with E-state index < -0.39 is 12.1 Å². The fourth-order valence-electron chi connectivity index (χ4n) is 1.46. The summed E-state index contributed by atoms with van der Waals surface area (Å²) in [5.41, 5.74) is 0.694. The summed E-state index contributed by atoms with van der Waals surface area (Å²) < 4.78 is 4.94. The molecule has 1 N–H and O–H groups in total. The van der Waals surface area contributed by atoms with E-state index in [-0.39, 0.29) is 5.91 Å². The Kier molecular flexibility index (Phi) is 3.59. The van der Waals surface area contributed by atoms with Crippen molar-refractivity contribution >= 4 is 40.9 Å². The van der Waals surface area contributed by atoms with Crippen LogP contribution in [0.3, 0.4) is 0 Å². The maximum atomic E-state index is 11.8. The number of halogens is 1. The van der Waals surface area contributed by atoms with E-state index in [1.165, 1.54) is 18.7 Å². The molecule has 0 spiro atoms. The zero-order chi connectivity index (χ0) is 12.4. The van der Waals surface area contributed by atoms with Crippen molar-refractivity contribution in [3.63, 3.8) is 0 Å². The van der Waals surface area contributed by atoms with E-state index in [9.17, 15) is 9.59 Å². The van der Waals surface area contributed by atoms with Crippen molar-refractivity contribution in [2.75, 3.05) is 11.1 Å². The van der Waals surface area contributed by atoms with Crippen molar-refractivity contribution in [1.29, 1.82) is 0 Å². The summed E-state index contributed by atoms with van der Waals surface area (Å²) in [4.78, 5) is 23.5. The Bertz CT molecular complexity index is 478. The first-order valence-corrected chi connectivity index (χ1v) is 6.33. The minimum absolute atomic E-state index is 0.311. The molecule has 0 bridgehead atoms. The lowest BCUT2D eigenvalue weighted by atomic mass is 10.3. The molecule has 1 heterocycles. The van der Waals surface area contributed by atoms with Crippen LogP contribution in [-0.2, 0) is 14.3 Å². The normalized spacial score (nSPS) is 18.9. The molecule has 17 heavy (non-hydrogen) atoms. The highest BCUT2D eigenvalue weighted by Gasteiger charge is 2.26. The fraction of sp³-hybridized carbons (Fsp3) is 0.273. The highest BCUT2D eigenvalue weighted by atomic mass is 35.5. The number of carbonyl (C=O) groups excluding carboxylic acids is 2. The summed E-state index contributed by atoms with van der Waals surface area (Å²) in [7, 11) is 0. The summed E-state index contributed by atoms with van der Waals surface area (Å²) in [6.45, 7) is 1.28. The Balaban J connectivity index is 2.22. The molecule has 2 rings (SSSR count). The zero-order valence-electron chi connectivity index (χ0n) is 9.03. The van der Waals surface area contributed by atoms with Crippen molar-refractivity contribution in [2.45, 2.75) is 17.9 Å². The molecule has 6 heteroatoms. The summed E-state index contributed by atoms with van der Waals surface area (Å²) in [6, 6.07) is 5.21. The van der Waals surface area contributed by atoms with Crippen molar-refractivity contribution < 1.29 is 14.3 Å². The number of hydrogen-bond acceptors (Lipinski definition) is 4. The van der Waals surface area contributed by atoms with E-state index in [0.29, 0.717) is 16.5 Å². The van der Waals surface area contributed by atoms with E-state index >= 15 is 0 Å². The first-order chi connectivity index (χ1) is 8.06. The third-order valence-corrected chi connectivity index (χ3v) is 3.55. The molecule has 1 aromatic rings. The maximum absolute atomic E-state index is 11.8. The summed E-state index contributed by atoms with van der Waals surface area (Å²) in [5, 5.41) is 3.32. The molecule has 1 aliphatic heterocycles. The summed E-state index contributed by atoms with van der Waals surface area (Å²) in [5.74, 6) is -0.387. The average molecular weight is 272 g/mol. The van der Waals surface area contributed by atoms with Crippen LogP contribution in [0.2, 0.25) is 5.02 Å². The number of amides is 1. The molecule has 1 aliphatic rings. The Labute approximate surface area is 108 Å². The summed E-state index contributed by atoms with van der Waals surface area (Å²) >= 11 is 7.31. The third kappa shape index (κ3) is 2.92. The number of benzene rings is 1. The number of fused-ring (bicyclic) bond motifs is 1. The molecule has 1 aromatic carbocycles. The zero-order valence-corrected chi connectivity index (χ0v) is 10.6. The second kappa shape index (κ2) is 4.98. The fourth-order valence-corrected chi connectivity index (χ4v) is 2.73. The highest BCUT2D eigenvalue weighted by Crippen LogP contribution is 2.33. The molecule has 0 aromatic heterocycles. The topological polar surface area (TPSA) is 55.4 Å². The van der Waals surface area contributed by atoms with Gasteiger partial charge in [-0.1, -0.05) is 11.6 Å². The van der Waals surface area contributed by atoms with Gasteiger partial charge in [0.25, 0.3) is 5.91 Å². The van der Waals surface area contributed by atoms with Gasteiger partial charge in [-0.25, -0.2) is 0 Å². The Morgan fingerprint density at radius 3 is 3.06 bits per heavy atom. The van der Waals surface area contributed by atoms with Crippen LogP contribution in [0.15, 0.2) is 23.1 Å². The second-order valence-corrected chi connectivity index (χ2v) is 5.04. The number of nitrogens with one attached hydrogen (secondary N) is 1. The molecule has 4 nitrogen and oxygen atoms in total. The van der Waals surface area contributed by atoms with Crippen molar-refractivity contribution in [2.24, 2.45) is 0 Å². The number of anilines is 1. The van der Waals surface area contributed by atoms with Gasteiger partial charge in [0.15, 0.2) is 6.10 Å². The van der Waals surface area contributed by atoms with Gasteiger partial charge in [-0.05, 0) is 18.2 Å². The van der Waals surface area contributed by atoms with Crippen LogP contribution in [0, 0.1) is 0 Å². The number of ether oxygens (including phenoxy) is 1. The average Bonchev–Trinajstić information content (AvgIpc) is 2.39. The van der Waals surface area contributed by atoms with Crippen molar-refractivity contribution in [3.05, 3.63) is 23.2 Å². The molecular weight excluding hydrogens is 262 g/mol. The van der Waals surface area contributed by atoms with Crippen LogP contribution in [0.1, 0.15) is 6.92 Å². The predicted octanol–water partition coefficient (Wildman–Crippen LogP) is 2.32. The van der Waals surface area contributed by atoms with Gasteiger partial charge in [0.1, 0.15) is 0 Å². The van der Waals surface area contributed by atoms with E-state index in [1.807, 2.05) is 0 Å². The predicted molar refractivity (Wildman–Crippen MR) is 66.4 cm³/mol. The van der Waals surface area contributed by atoms with Gasteiger partial charge in [0, 0.05) is 22.6 Å². The highest BCUT2D eigenvalue weighted by molar-refractivity contribution is 7.99. The first-order valence-electron chi connectivity index (χ1n) is 4.96. The largest absolute Gasteiger partial charge is 0.452 e. The van der Waals surface area contributed by atoms with Gasteiger partial charge in [0.2, 0.25) is 0 Å². The maximum Gasteiger partial charge on any atom is 0.303 e. The smallest absolute Gasteiger partial charge is 0.303 e. The number of rotatable bonds is 1. The Morgan fingerprint density at radius 1 is 1.59 bits per heavy atom. The van der Waals surface area contributed by atoms with Crippen LogP contribution in [0.5, 0.6) is 0 Å². The summed E-state index contributed by atoms with van der Waals surface area (Å²) in [6.07, 6.45) is -0.760. The third-order valence-electron chi connectivity index (χ3n) is 2.19. The number of carbonyl (C=O) groups is 2. The minimum atomic E-state index is -0.760. The van der Waals surface area contributed by atoms with Gasteiger partial charge < -0.3 is 10.1 Å². The van der Waals surface area contributed by atoms with E-state index in [4.69, 9.17) is 16.3 Å². The van der Waals surface area contributed by atoms with Gasteiger partial charge >= 0.3 is 5.97 Å². The number of esters is 1. The number of thioether (sulfide) groups is 1. The molecular formula is C11H10ClNO3S. The Morgan fingerprint density at radius 2 is 2.35 bits per heavy atom. The molecule has 1 atom stereocenters. The monoisotopic (exact) mass is 271 g/mol. The van der Waals surface area contributed by atoms with E-state index in [1.54, 1.807) is 18.2 Å². The molecule has 0 fully saturated rings. The second-order valence-electron chi connectivity index (χ2n) is 3.54. The molecule has 0 aliphatic carbocycles. The first kappa shape index (κ1) is 12.3. The molecule has 0 radical (unpaired) electrons. The van der Waals surface area contributed by atoms with Crippen LogP contribution >= 0.6 is 23.4 Å². The van der Waals surface area contributed by atoms with E-state index in [0.717, 1.165) is 4.90 Å². The van der Waals surface area contributed by atoms with E-state index in [2.05, 4.69) is 5.32 Å². The SMILES string of the molecule is CC(=O)OC1CSc2cc(Cl)ccc2NC1=O. The van der Waals surface area contributed by atoms with Crippen LogP contribution in [-0.4, -0.2) is 23.7 Å². The standard InChI is InChI=1S/C11H10ClNO3S/c1-6(14)16-9-5-17-10-4-7(12)2-3-8(10)13-11(9)15/h2-4,9H,5H2,1H3,(H,13,15). The Hall–Kier alpha value is -1.20. The van der Waals surface area contributed by atoms with Gasteiger partial charge in [0.05, 0.1) is 5.69 Å². The lowest BCUT2D eigenvalue weighted by Crippen LogP contribution is -2.32. The molecule has 0 saturated heterocycles. The van der Waals surface area contributed by atoms with Crippen molar-refractivity contribution in [1.82, 2.24) is 0 Å². The molecule has 1 amide bonds. The van der Waals surface area contributed by atoms with Gasteiger partial charge in [-0.2, -0.15) is 0 Å².